The molecule has 0 bridgehead atoms. The molecule has 0 aromatic heterocycles. The number of benzene rings is 2. The predicted molar refractivity (Wildman–Crippen MR) is 97.4 cm³/mol. The number of hydrogen-bond donors (Lipinski definition) is 1. The van der Waals surface area contributed by atoms with Gasteiger partial charge < -0.3 is 14.8 Å². The Bertz CT molecular complexity index is 802. The molecular weight excluding hydrogens is 340 g/mol. The molecule has 6 nitrogen and oxygen atoms in total. The number of nitrogens with zero attached hydrogens (tertiary/aromatic N) is 1. The van der Waals surface area contributed by atoms with E-state index in [-0.39, 0.29) is 4.90 Å². The molecular formula is C18H24N2O4S. The monoisotopic (exact) mass is 364 g/mol. The van der Waals surface area contributed by atoms with E-state index in [4.69, 9.17) is 9.47 Å². The van der Waals surface area contributed by atoms with Gasteiger partial charge in [-0.15, -0.1) is 0 Å². The molecule has 1 N–H and O–H groups in total. The maximum absolute atomic E-state index is 12.1. The topological polar surface area (TPSA) is 67.9 Å². The highest BCUT2D eigenvalue weighted by molar-refractivity contribution is 7.89. The lowest BCUT2D eigenvalue weighted by molar-refractivity contribution is 0.350. The van der Waals surface area contributed by atoms with E-state index in [1.807, 2.05) is 30.3 Å². The number of ether oxygens (including phenoxy) is 2. The normalized spacial score (nSPS) is 11.6. The summed E-state index contributed by atoms with van der Waals surface area (Å²) in [6.07, 6.45) is 0. The molecule has 7 heteroatoms. The molecule has 0 heterocycles. The first kappa shape index (κ1) is 19.2. The van der Waals surface area contributed by atoms with Gasteiger partial charge in [-0.3, -0.25) is 0 Å². The van der Waals surface area contributed by atoms with Gasteiger partial charge in [-0.05, 0) is 23.8 Å². The van der Waals surface area contributed by atoms with Crippen LogP contribution in [-0.2, 0) is 23.1 Å². The van der Waals surface area contributed by atoms with Crippen molar-refractivity contribution >= 4 is 10.0 Å². The van der Waals surface area contributed by atoms with Crippen LogP contribution in [0, 0.1) is 0 Å². The molecule has 0 aliphatic rings. The largest absolute Gasteiger partial charge is 0.493 e. The van der Waals surface area contributed by atoms with Crippen LogP contribution in [0.1, 0.15) is 11.1 Å². The zero-order valence-corrected chi connectivity index (χ0v) is 15.8. The van der Waals surface area contributed by atoms with Gasteiger partial charge in [-0.25, -0.2) is 12.7 Å². The van der Waals surface area contributed by atoms with E-state index in [1.165, 1.54) is 18.4 Å². The van der Waals surface area contributed by atoms with Gasteiger partial charge >= 0.3 is 0 Å². The minimum atomic E-state index is -3.39. The Morgan fingerprint density at radius 2 is 1.64 bits per heavy atom. The van der Waals surface area contributed by atoms with Crippen LogP contribution in [0.15, 0.2) is 47.4 Å². The van der Waals surface area contributed by atoms with Crippen LogP contribution < -0.4 is 14.8 Å². The third-order valence-corrected chi connectivity index (χ3v) is 5.66. The van der Waals surface area contributed by atoms with E-state index in [0.29, 0.717) is 24.6 Å². The smallest absolute Gasteiger partial charge is 0.242 e. The third kappa shape index (κ3) is 4.50. The second-order valence-corrected chi connectivity index (χ2v) is 7.84. The molecule has 0 aliphatic carbocycles. The summed E-state index contributed by atoms with van der Waals surface area (Å²) in [6.45, 7) is 1.22. The van der Waals surface area contributed by atoms with Gasteiger partial charge in [-0.1, -0.05) is 24.3 Å². The molecule has 0 saturated heterocycles. The molecule has 0 saturated carbocycles. The van der Waals surface area contributed by atoms with Gasteiger partial charge in [0.2, 0.25) is 10.0 Å². The van der Waals surface area contributed by atoms with Crippen LogP contribution in [0.2, 0.25) is 0 Å². The van der Waals surface area contributed by atoms with Crippen molar-refractivity contribution in [3.05, 3.63) is 53.6 Å². The quantitative estimate of drug-likeness (QED) is 0.778. The van der Waals surface area contributed by atoms with Crippen LogP contribution in [0.3, 0.4) is 0 Å². The van der Waals surface area contributed by atoms with E-state index in [2.05, 4.69) is 5.32 Å². The summed E-state index contributed by atoms with van der Waals surface area (Å²) in [7, 11) is 2.87. The maximum Gasteiger partial charge on any atom is 0.242 e. The highest BCUT2D eigenvalue weighted by Crippen LogP contribution is 2.30. The van der Waals surface area contributed by atoms with Gasteiger partial charge in [0, 0.05) is 32.7 Å². The van der Waals surface area contributed by atoms with E-state index in [0.717, 1.165) is 11.1 Å². The molecule has 0 spiro atoms. The summed E-state index contributed by atoms with van der Waals surface area (Å²) in [5.41, 5.74) is 1.99. The predicted octanol–water partition coefficient (Wildman–Crippen LogP) is 2.24. The minimum absolute atomic E-state index is 0.288. The lowest BCUT2D eigenvalue weighted by Gasteiger charge is -2.14. The second kappa shape index (κ2) is 8.33. The molecule has 0 atom stereocenters. The van der Waals surface area contributed by atoms with Crippen molar-refractivity contribution < 1.29 is 17.9 Å². The SMILES string of the molecule is COc1cccc(CNCc2ccc(S(=O)(=O)N(C)C)cc2)c1OC. The van der Waals surface area contributed by atoms with Crippen molar-refractivity contribution in [1.82, 2.24) is 9.62 Å². The number of hydrogen-bond acceptors (Lipinski definition) is 5. The first-order valence-electron chi connectivity index (χ1n) is 7.82. The number of nitrogens with one attached hydrogen (secondary N) is 1. The average molecular weight is 364 g/mol. The number of sulfonamides is 1. The fourth-order valence-corrected chi connectivity index (χ4v) is 3.33. The van der Waals surface area contributed by atoms with Crippen LogP contribution in [0.25, 0.3) is 0 Å². The first-order chi connectivity index (χ1) is 11.9. The van der Waals surface area contributed by atoms with Crippen molar-refractivity contribution in [3.63, 3.8) is 0 Å². The minimum Gasteiger partial charge on any atom is -0.493 e. The van der Waals surface area contributed by atoms with Crippen molar-refractivity contribution in [3.8, 4) is 11.5 Å². The Morgan fingerprint density at radius 3 is 2.20 bits per heavy atom. The van der Waals surface area contributed by atoms with Gasteiger partial charge in [-0.2, -0.15) is 0 Å². The van der Waals surface area contributed by atoms with Gasteiger partial charge in [0.1, 0.15) is 0 Å². The first-order valence-corrected chi connectivity index (χ1v) is 9.26. The number of rotatable bonds is 8. The molecule has 0 radical (unpaired) electrons. The Labute approximate surface area is 149 Å². The van der Waals surface area contributed by atoms with Crippen LogP contribution in [-0.4, -0.2) is 41.0 Å². The van der Waals surface area contributed by atoms with Gasteiger partial charge in [0.15, 0.2) is 11.5 Å². The molecule has 0 unspecified atom stereocenters. The lowest BCUT2D eigenvalue weighted by Crippen LogP contribution is -2.22. The molecule has 25 heavy (non-hydrogen) atoms. The molecule has 0 aliphatic heterocycles. The summed E-state index contributed by atoms with van der Waals surface area (Å²) in [5.74, 6) is 1.41. The van der Waals surface area contributed by atoms with Crippen LogP contribution in [0.4, 0.5) is 0 Å². The van der Waals surface area contributed by atoms with Crippen molar-refractivity contribution in [2.45, 2.75) is 18.0 Å². The zero-order chi connectivity index (χ0) is 18.4. The molecule has 136 valence electrons. The fourth-order valence-electron chi connectivity index (χ4n) is 2.42. The lowest BCUT2D eigenvalue weighted by atomic mass is 10.1. The van der Waals surface area contributed by atoms with Crippen molar-refractivity contribution in [2.75, 3.05) is 28.3 Å². The van der Waals surface area contributed by atoms with Crippen molar-refractivity contribution in [1.29, 1.82) is 0 Å². The Kier molecular flexibility index (Phi) is 6.41. The number of methoxy groups -OCH3 is 2. The zero-order valence-electron chi connectivity index (χ0n) is 14.9. The summed E-state index contributed by atoms with van der Waals surface area (Å²) in [4.78, 5) is 0.288. The second-order valence-electron chi connectivity index (χ2n) is 5.69. The highest BCUT2D eigenvalue weighted by Gasteiger charge is 2.16. The van der Waals surface area contributed by atoms with Crippen LogP contribution >= 0.6 is 0 Å². The van der Waals surface area contributed by atoms with Crippen LogP contribution in [0.5, 0.6) is 11.5 Å². The summed E-state index contributed by atoms with van der Waals surface area (Å²) in [6, 6.07) is 12.6. The summed E-state index contributed by atoms with van der Waals surface area (Å²) >= 11 is 0. The van der Waals surface area contributed by atoms with Gasteiger partial charge in [0.05, 0.1) is 19.1 Å². The summed E-state index contributed by atoms with van der Waals surface area (Å²) < 4.78 is 36.0. The molecule has 2 rings (SSSR count). The molecule has 2 aromatic carbocycles. The van der Waals surface area contributed by atoms with E-state index in [1.54, 1.807) is 26.4 Å². The number of para-hydroxylation sites is 1. The standard InChI is InChI=1S/C18H24N2O4S/c1-20(2)25(21,22)16-10-8-14(9-11-16)12-19-13-15-6-5-7-17(23-3)18(15)24-4/h5-11,19H,12-13H2,1-4H3. The maximum atomic E-state index is 12.1. The highest BCUT2D eigenvalue weighted by atomic mass is 32.2. The van der Waals surface area contributed by atoms with E-state index in [9.17, 15) is 8.42 Å². The Morgan fingerprint density at radius 1 is 0.960 bits per heavy atom. The third-order valence-electron chi connectivity index (χ3n) is 3.83. The van der Waals surface area contributed by atoms with E-state index < -0.39 is 10.0 Å². The fraction of sp³-hybridized carbons (Fsp3) is 0.333. The van der Waals surface area contributed by atoms with Crippen molar-refractivity contribution in [2.24, 2.45) is 0 Å². The summed E-state index contributed by atoms with van der Waals surface area (Å²) in [5, 5.41) is 3.33. The Hall–Kier alpha value is -2.09. The van der Waals surface area contributed by atoms with E-state index >= 15 is 0 Å². The van der Waals surface area contributed by atoms with Gasteiger partial charge in [0.25, 0.3) is 0 Å². The average Bonchev–Trinajstić information content (AvgIpc) is 2.61. The molecule has 0 fully saturated rings. The molecule has 0 amide bonds. The Balaban J connectivity index is 2.01. The molecule has 2 aromatic rings.